The highest BCUT2D eigenvalue weighted by Gasteiger charge is 2.19. The summed E-state index contributed by atoms with van der Waals surface area (Å²) < 4.78 is 0. The van der Waals surface area contributed by atoms with Gasteiger partial charge < -0.3 is 10.2 Å². The van der Waals surface area contributed by atoms with E-state index in [-0.39, 0.29) is 0 Å². The molecule has 2 rings (SSSR count). The van der Waals surface area contributed by atoms with E-state index in [1.807, 2.05) is 7.05 Å². The van der Waals surface area contributed by atoms with Crippen LogP contribution in [0.2, 0.25) is 0 Å². The van der Waals surface area contributed by atoms with Crippen LogP contribution >= 0.6 is 0 Å². The summed E-state index contributed by atoms with van der Waals surface area (Å²) in [5.41, 5.74) is 4.51. The number of aryl methyl sites for hydroxylation is 1. The summed E-state index contributed by atoms with van der Waals surface area (Å²) in [6.07, 6.45) is 3.63. The van der Waals surface area contributed by atoms with Crippen molar-refractivity contribution >= 4 is 5.69 Å². The van der Waals surface area contributed by atoms with Gasteiger partial charge in [-0.15, -0.1) is 0 Å². The number of benzene rings is 1. The van der Waals surface area contributed by atoms with Crippen LogP contribution in [0.15, 0.2) is 18.2 Å². The van der Waals surface area contributed by atoms with Gasteiger partial charge in [-0.2, -0.15) is 0 Å². The molecule has 0 spiro atoms. The Balaban J connectivity index is 2.05. The molecule has 0 bridgehead atoms. The zero-order valence-electron chi connectivity index (χ0n) is 12.0. The summed E-state index contributed by atoms with van der Waals surface area (Å²) >= 11 is 0. The molecule has 1 heterocycles. The first kappa shape index (κ1) is 13.4. The highest BCUT2D eigenvalue weighted by Crippen LogP contribution is 2.29. The summed E-state index contributed by atoms with van der Waals surface area (Å²) in [6.45, 7) is 8.09. The molecular weight excluding hydrogens is 220 g/mol. The molecule has 0 aliphatic carbocycles. The normalized spacial score (nSPS) is 14.3. The van der Waals surface area contributed by atoms with E-state index in [1.165, 1.54) is 49.2 Å². The Morgan fingerprint density at radius 1 is 1.33 bits per heavy atom. The maximum absolute atomic E-state index is 3.21. The van der Waals surface area contributed by atoms with Gasteiger partial charge in [0.05, 0.1) is 0 Å². The average Bonchev–Trinajstić information content (AvgIpc) is 2.72. The van der Waals surface area contributed by atoms with E-state index in [0.29, 0.717) is 0 Å². The Morgan fingerprint density at radius 2 is 2.17 bits per heavy atom. The monoisotopic (exact) mass is 246 g/mol. The smallest absolute Gasteiger partial charge is 0.0402 e. The SMILES string of the molecule is CNCCCc1ccc2c(c1)N(CC(C)C)CC2. The first-order chi connectivity index (χ1) is 8.70. The molecule has 0 aromatic heterocycles. The number of anilines is 1. The van der Waals surface area contributed by atoms with Gasteiger partial charge >= 0.3 is 0 Å². The van der Waals surface area contributed by atoms with Crippen molar-refractivity contribution < 1.29 is 0 Å². The van der Waals surface area contributed by atoms with Gasteiger partial charge in [0.25, 0.3) is 0 Å². The lowest BCUT2D eigenvalue weighted by Gasteiger charge is -2.22. The van der Waals surface area contributed by atoms with E-state index in [2.05, 4.69) is 42.3 Å². The largest absolute Gasteiger partial charge is 0.371 e. The van der Waals surface area contributed by atoms with Crippen molar-refractivity contribution in [2.24, 2.45) is 5.92 Å². The number of rotatable bonds is 6. The highest BCUT2D eigenvalue weighted by atomic mass is 15.1. The third-order valence-corrected chi connectivity index (χ3v) is 3.62. The van der Waals surface area contributed by atoms with E-state index in [4.69, 9.17) is 0 Å². The van der Waals surface area contributed by atoms with E-state index >= 15 is 0 Å². The van der Waals surface area contributed by atoms with Crippen LogP contribution in [0, 0.1) is 5.92 Å². The van der Waals surface area contributed by atoms with Gasteiger partial charge in [-0.3, -0.25) is 0 Å². The van der Waals surface area contributed by atoms with Crippen LogP contribution in [0.25, 0.3) is 0 Å². The third kappa shape index (κ3) is 3.26. The number of hydrogen-bond acceptors (Lipinski definition) is 2. The highest BCUT2D eigenvalue weighted by molar-refractivity contribution is 5.59. The number of nitrogens with one attached hydrogen (secondary N) is 1. The lowest BCUT2D eigenvalue weighted by molar-refractivity contribution is 0.622. The Kier molecular flexibility index (Phi) is 4.65. The minimum atomic E-state index is 0.740. The minimum Gasteiger partial charge on any atom is -0.371 e. The number of fused-ring (bicyclic) bond motifs is 1. The molecule has 1 aliphatic heterocycles. The molecule has 2 heteroatoms. The second-order valence-corrected chi connectivity index (χ2v) is 5.76. The molecule has 1 aliphatic rings. The van der Waals surface area contributed by atoms with Crippen LogP contribution < -0.4 is 10.2 Å². The summed E-state index contributed by atoms with van der Waals surface area (Å²) in [5.74, 6) is 0.740. The van der Waals surface area contributed by atoms with Crippen LogP contribution in [-0.4, -0.2) is 26.7 Å². The molecule has 1 N–H and O–H groups in total. The second-order valence-electron chi connectivity index (χ2n) is 5.76. The van der Waals surface area contributed by atoms with Gasteiger partial charge in [-0.25, -0.2) is 0 Å². The summed E-state index contributed by atoms with van der Waals surface area (Å²) in [6, 6.07) is 7.07. The van der Waals surface area contributed by atoms with Gasteiger partial charge in [-0.05, 0) is 56.0 Å². The van der Waals surface area contributed by atoms with E-state index in [0.717, 1.165) is 12.5 Å². The lowest BCUT2D eigenvalue weighted by Crippen LogP contribution is -2.25. The van der Waals surface area contributed by atoms with Crippen LogP contribution in [0.5, 0.6) is 0 Å². The van der Waals surface area contributed by atoms with Crippen LogP contribution in [-0.2, 0) is 12.8 Å². The first-order valence-corrected chi connectivity index (χ1v) is 7.22. The minimum absolute atomic E-state index is 0.740. The Bertz CT molecular complexity index is 385. The summed E-state index contributed by atoms with van der Waals surface area (Å²) in [4.78, 5) is 2.56. The quantitative estimate of drug-likeness (QED) is 0.777. The Labute approximate surface area is 111 Å². The van der Waals surface area contributed by atoms with Crippen LogP contribution in [0.4, 0.5) is 5.69 Å². The molecule has 1 aromatic rings. The zero-order chi connectivity index (χ0) is 13.0. The van der Waals surface area contributed by atoms with Gasteiger partial charge in [0.15, 0.2) is 0 Å². The lowest BCUT2D eigenvalue weighted by atomic mass is 10.0. The van der Waals surface area contributed by atoms with Gasteiger partial charge in [0, 0.05) is 18.8 Å². The van der Waals surface area contributed by atoms with Crippen molar-refractivity contribution in [1.82, 2.24) is 5.32 Å². The fourth-order valence-electron chi connectivity index (χ4n) is 2.75. The second kappa shape index (κ2) is 6.24. The molecule has 100 valence electrons. The standard InChI is InChI=1S/C16H26N2/c1-13(2)12-18-10-8-15-7-6-14(11-16(15)18)5-4-9-17-3/h6-7,11,13,17H,4-5,8-10,12H2,1-3H3. The fourth-order valence-corrected chi connectivity index (χ4v) is 2.75. The number of hydrogen-bond donors (Lipinski definition) is 1. The van der Waals surface area contributed by atoms with Crippen molar-refractivity contribution in [3.63, 3.8) is 0 Å². The van der Waals surface area contributed by atoms with Crippen molar-refractivity contribution in [2.75, 3.05) is 31.6 Å². The van der Waals surface area contributed by atoms with Gasteiger partial charge in [0.1, 0.15) is 0 Å². The third-order valence-electron chi connectivity index (χ3n) is 3.62. The molecule has 18 heavy (non-hydrogen) atoms. The van der Waals surface area contributed by atoms with Crippen molar-refractivity contribution in [2.45, 2.75) is 33.1 Å². The maximum Gasteiger partial charge on any atom is 0.0402 e. The van der Waals surface area contributed by atoms with Crippen LogP contribution in [0.1, 0.15) is 31.4 Å². The predicted molar refractivity (Wildman–Crippen MR) is 79.4 cm³/mol. The fraction of sp³-hybridized carbons (Fsp3) is 0.625. The molecule has 0 saturated carbocycles. The summed E-state index contributed by atoms with van der Waals surface area (Å²) in [5, 5.41) is 3.21. The van der Waals surface area contributed by atoms with Crippen LogP contribution in [0.3, 0.4) is 0 Å². The van der Waals surface area contributed by atoms with E-state index < -0.39 is 0 Å². The topological polar surface area (TPSA) is 15.3 Å². The van der Waals surface area contributed by atoms with Crippen molar-refractivity contribution in [3.05, 3.63) is 29.3 Å². The molecule has 0 unspecified atom stereocenters. The first-order valence-electron chi connectivity index (χ1n) is 7.22. The summed E-state index contributed by atoms with van der Waals surface area (Å²) in [7, 11) is 2.02. The molecule has 0 amide bonds. The Morgan fingerprint density at radius 3 is 2.89 bits per heavy atom. The van der Waals surface area contributed by atoms with E-state index in [9.17, 15) is 0 Å². The molecule has 0 radical (unpaired) electrons. The van der Waals surface area contributed by atoms with Crippen molar-refractivity contribution in [1.29, 1.82) is 0 Å². The molecule has 0 atom stereocenters. The number of nitrogens with zero attached hydrogens (tertiary/aromatic N) is 1. The van der Waals surface area contributed by atoms with Gasteiger partial charge in [0.2, 0.25) is 0 Å². The zero-order valence-corrected chi connectivity index (χ0v) is 12.0. The van der Waals surface area contributed by atoms with E-state index in [1.54, 1.807) is 0 Å². The molecule has 2 nitrogen and oxygen atoms in total. The predicted octanol–water partition coefficient (Wildman–Crippen LogP) is 2.86. The van der Waals surface area contributed by atoms with Gasteiger partial charge in [-0.1, -0.05) is 26.0 Å². The molecule has 1 aromatic carbocycles. The maximum atomic E-state index is 3.21. The van der Waals surface area contributed by atoms with Crippen molar-refractivity contribution in [3.8, 4) is 0 Å². The molecule has 0 saturated heterocycles. The molecule has 0 fully saturated rings. The average molecular weight is 246 g/mol. The Hall–Kier alpha value is -1.02. The molecular formula is C16H26N2.